The van der Waals surface area contributed by atoms with Crippen LogP contribution in [0, 0.1) is 0 Å². The fraction of sp³-hybridized carbons (Fsp3) is 1.00. The molecule has 0 spiro atoms. The largest absolute Gasteiger partial charge is 1.00 e. The Morgan fingerprint density at radius 1 is 0.700 bits per heavy atom. The van der Waals surface area contributed by atoms with Gasteiger partial charge in [0, 0.05) is 0 Å². The maximum absolute atomic E-state index is 2.65. The second kappa shape index (κ2) is 4.99. The molecule has 0 fully saturated rings. The van der Waals surface area contributed by atoms with E-state index in [1.54, 1.807) is 0 Å². The van der Waals surface area contributed by atoms with E-state index in [2.05, 4.69) is 45.7 Å². The quantitative estimate of drug-likeness (QED) is 0.516. The molecule has 4 heteroatoms. The summed E-state index contributed by atoms with van der Waals surface area (Å²) in [5.41, 5.74) is 0. The molecule has 0 heterocycles. The van der Waals surface area contributed by atoms with Crippen LogP contribution in [-0.4, -0.2) is 22.4 Å². The third kappa shape index (κ3) is 12.8. The summed E-state index contributed by atoms with van der Waals surface area (Å²) in [6.07, 6.45) is 0. The smallest absolute Gasteiger partial charge is 0.331 e. The first-order chi connectivity index (χ1) is 3.71. The van der Waals surface area contributed by atoms with Crippen molar-refractivity contribution < 1.29 is 51.4 Å². The van der Waals surface area contributed by atoms with E-state index in [9.17, 15) is 0 Å². The standard InChI is InChI=1S/C6H18BSi2.K/c1-8(2,3)7-9(4,5)6;/h1-6H3;/q-1;+1. The molecule has 0 aromatic carbocycles. The van der Waals surface area contributed by atoms with Gasteiger partial charge >= 0.3 is 51.4 Å². The Hall–Kier alpha value is 2.14. The molecule has 0 aliphatic heterocycles. The zero-order chi connectivity index (χ0) is 7.71. The first-order valence-corrected chi connectivity index (χ1v) is 10.7. The van der Waals surface area contributed by atoms with Crippen LogP contribution in [0.1, 0.15) is 0 Å². The fourth-order valence-corrected chi connectivity index (χ4v) is 11.7. The summed E-state index contributed by atoms with van der Waals surface area (Å²) in [4.78, 5) is 0. The van der Waals surface area contributed by atoms with Gasteiger partial charge in [-0.3, -0.25) is 0 Å². The van der Waals surface area contributed by atoms with Crippen molar-refractivity contribution in [1.82, 2.24) is 0 Å². The maximum atomic E-state index is 2.65. The van der Waals surface area contributed by atoms with Gasteiger partial charge in [0.15, 0.2) is 0 Å². The fourth-order valence-electron chi connectivity index (χ4n) is 1.30. The van der Waals surface area contributed by atoms with E-state index < -0.39 is 15.9 Å². The van der Waals surface area contributed by atoms with E-state index in [-0.39, 0.29) is 51.4 Å². The Kier molecular flexibility index (Phi) is 7.31. The minimum atomic E-state index is -0.856. The van der Waals surface area contributed by atoms with Crippen LogP contribution < -0.4 is 51.4 Å². The van der Waals surface area contributed by atoms with Crippen molar-refractivity contribution in [2.24, 2.45) is 0 Å². The molecule has 0 atom stereocenters. The van der Waals surface area contributed by atoms with E-state index in [0.717, 1.165) is 0 Å². The summed E-state index contributed by atoms with van der Waals surface area (Å²) in [5.74, 6) is 0. The second-order valence-electron chi connectivity index (χ2n) is 4.88. The molecule has 2 radical (unpaired) electrons. The zero-order valence-corrected chi connectivity index (χ0v) is 13.7. The van der Waals surface area contributed by atoms with E-state index in [1.165, 1.54) is 0 Å². The Balaban J connectivity index is 0. The molecule has 0 unspecified atom stereocenters. The van der Waals surface area contributed by atoms with Crippen LogP contribution in [0.2, 0.25) is 39.3 Å². The van der Waals surface area contributed by atoms with Crippen LogP contribution in [0.4, 0.5) is 0 Å². The van der Waals surface area contributed by atoms with Gasteiger partial charge in [-0.05, 0) is 0 Å². The monoisotopic (exact) mass is 196 g/mol. The minimum absolute atomic E-state index is 0. The van der Waals surface area contributed by atoms with Crippen LogP contribution in [0.5, 0.6) is 0 Å². The molecule has 0 aliphatic rings. The van der Waals surface area contributed by atoms with Crippen molar-refractivity contribution in [1.29, 1.82) is 0 Å². The summed E-state index contributed by atoms with van der Waals surface area (Å²) in [7, 11) is -1.71. The van der Waals surface area contributed by atoms with Gasteiger partial charge in [0.05, 0.1) is 0 Å². The molecule has 10 heavy (non-hydrogen) atoms. The number of hydrogen-bond donors (Lipinski definition) is 0. The van der Waals surface area contributed by atoms with Crippen molar-refractivity contribution in [2.45, 2.75) is 39.3 Å². The van der Waals surface area contributed by atoms with E-state index in [4.69, 9.17) is 0 Å². The SMILES string of the molecule is C[Si](C)(C)[B-][Si](C)(C)C.[K+]. The van der Waals surface area contributed by atoms with Crippen molar-refractivity contribution in [3.63, 3.8) is 0 Å². The molecule has 0 nitrogen and oxygen atoms in total. The molecular formula is C6H18BKSi2. The van der Waals surface area contributed by atoms with Gasteiger partial charge in [-0.2, -0.15) is 15.9 Å². The molecule has 0 saturated carbocycles. The molecule has 0 aromatic heterocycles. The first-order valence-electron chi connectivity index (χ1n) is 3.58. The van der Waals surface area contributed by atoms with Crippen LogP contribution in [0.25, 0.3) is 0 Å². The molecule has 0 aliphatic carbocycles. The normalized spacial score (nSPS) is 12.6. The van der Waals surface area contributed by atoms with Crippen LogP contribution in [0.15, 0.2) is 0 Å². The van der Waals surface area contributed by atoms with Crippen molar-refractivity contribution in [3.8, 4) is 0 Å². The Labute approximate surface area is 111 Å². The summed E-state index contributed by atoms with van der Waals surface area (Å²) >= 11 is 0. The van der Waals surface area contributed by atoms with Gasteiger partial charge in [0.1, 0.15) is 0 Å². The van der Waals surface area contributed by atoms with Crippen LogP contribution in [-0.2, 0) is 0 Å². The average molecular weight is 196 g/mol. The Morgan fingerprint density at radius 2 is 0.900 bits per heavy atom. The van der Waals surface area contributed by atoms with Crippen LogP contribution in [0.3, 0.4) is 0 Å². The zero-order valence-electron chi connectivity index (χ0n) is 8.58. The molecule has 54 valence electrons. The summed E-state index contributed by atoms with van der Waals surface area (Å²) in [6, 6.07) is 0. The molecule has 0 aromatic rings. The second-order valence-corrected chi connectivity index (χ2v) is 15.5. The molecule has 0 N–H and O–H groups in total. The van der Waals surface area contributed by atoms with Gasteiger partial charge in [-0.15, -0.1) is 39.3 Å². The molecule has 0 bridgehead atoms. The van der Waals surface area contributed by atoms with Gasteiger partial charge in [0.2, 0.25) is 0 Å². The third-order valence-corrected chi connectivity index (χ3v) is 7.79. The van der Waals surface area contributed by atoms with E-state index >= 15 is 0 Å². The van der Waals surface area contributed by atoms with Gasteiger partial charge < -0.3 is 6.46 Å². The maximum Gasteiger partial charge on any atom is 1.00 e. The summed E-state index contributed by atoms with van der Waals surface area (Å²) < 4.78 is 0. The average Bonchev–Trinajstić information content (AvgIpc) is 1.14. The predicted octanol–water partition coefficient (Wildman–Crippen LogP) is -0.636. The Bertz CT molecular complexity index is 80.9. The first kappa shape index (κ1) is 14.6. The number of rotatable bonds is 2. The van der Waals surface area contributed by atoms with E-state index in [0.29, 0.717) is 0 Å². The summed E-state index contributed by atoms with van der Waals surface area (Å²) in [6.45, 7) is 17.1. The predicted molar refractivity (Wildman–Crippen MR) is 52.4 cm³/mol. The van der Waals surface area contributed by atoms with Gasteiger partial charge in [-0.1, -0.05) is 0 Å². The van der Waals surface area contributed by atoms with Gasteiger partial charge in [0.25, 0.3) is 0 Å². The molecule has 0 saturated heterocycles. The van der Waals surface area contributed by atoms with Gasteiger partial charge in [-0.25, -0.2) is 0 Å². The van der Waals surface area contributed by atoms with Crippen molar-refractivity contribution >= 4 is 22.4 Å². The third-order valence-electron chi connectivity index (χ3n) is 0.866. The number of hydrogen-bond acceptors (Lipinski definition) is 0. The molecule has 0 amide bonds. The van der Waals surface area contributed by atoms with Crippen molar-refractivity contribution in [2.75, 3.05) is 0 Å². The molecular weight excluding hydrogens is 178 g/mol. The molecule has 0 rings (SSSR count). The van der Waals surface area contributed by atoms with Crippen molar-refractivity contribution in [3.05, 3.63) is 0 Å². The summed E-state index contributed by atoms with van der Waals surface area (Å²) in [5, 5.41) is 0. The van der Waals surface area contributed by atoms with Crippen LogP contribution >= 0.6 is 0 Å². The van der Waals surface area contributed by atoms with E-state index in [1.807, 2.05) is 0 Å². The minimum Gasteiger partial charge on any atom is -0.331 e. The topological polar surface area (TPSA) is 0 Å². The Morgan fingerprint density at radius 3 is 0.900 bits per heavy atom.